The summed E-state index contributed by atoms with van der Waals surface area (Å²) in [6, 6.07) is -0.919. The number of rotatable bonds is 2. The molecule has 1 amide bonds. The molecule has 2 fully saturated rings. The van der Waals surface area contributed by atoms with E-state index in [1.54, 1.807) is 0 Å². The zero-order valence-corrected chi connectivity index (χ0v) is 11.4. The second-order valence-corrected chi connectivity index (χ2v) is 5.67. The molecule has 6 nitrogen and oxygen atoms in total. The normalized spacial score (nSPS) is 42.6. The summed E-state index contributed by atoms with van der Waals surface area (Å²) in [5.41, 5.74) is 0. The summed E-state index contributed by atoms with van der Waals surface area (Å²) in [5.74, 6) is -1.55. The van der Waals surface area contributed by atoms with Gasteiger partial charge in [0.05, 0.1) is 24.2 Å². The van der Waals surface area contributed by atoms with Crippen molar-refractivity contribution in [3.63, 3.8) is 0 Å². The molecule has 0 aliphatic carbocycles. The third-order valence-electron chi connectivity index (χ3n) is 4.37. The first kappa shape index (κ1) is 14.3. The number of hydrogen-bond donors (Lipinski definition) is 2. The van der Waals surface area contributed by atoms with Gasteiger partial charge in [-0.1, -0.05) is 6.92 Å². The Bertz CT molecular complexity index is 385. The zero-order chi connectivity index (χ0) is 14.3. The summed E-state index contributed by atoms with van der Waals surface area (Å²) in [7, 11) is 0. The predicted octanol–water partition coefficient (Wildman–Crippen LogP) is 0.0923. The monoisotopic (exact) mass is 271 g/mol. The van der Waals surface area contributed by atoms with Crippen molar-refractivity contribution in [1.29, 1.82) is 0 Å². The van der Waals surface area contributed by atoms with Gasteiger partial charge in [-0.25, -0.2) is 4.79 Å². The first-order chi connectivity index (χ1) is 8.82. The van der Waals surface area contributed by atoms with Gasteiger partial charge in [0.1, 0.15) is 6.04 Å². The molecule has 2 saturated heterocycles. The van der Waals surface area contributed by atoms with E-state index >= 15 is 0 Å². The number of carboxylic acid groups (broad SMARTS) is 1. The van der Waals surface area contributed by atoms with Gasteiger partial charge in [-0.2, -0.15) is 0 Å². The minimum absolute atomic E-state index is 0.0141. The van der Waals surface area contributed by atoms with Crippen molar-refractivity contribution >= 4 is 11.9 Å². The Morgan fingerprint density at radius 3 is 2.32 bits per heavy atom. The van der Waals surface area contributed by atoms with Gasteiger partial charge < -0.3 is 19.8 Å². The van der Waals surface area contributed by atoms with Gasteiger partial charge in [0.2, 0.25) is 5.91 Å². The van der Waals surface area contributed by atoms with Crippen LogP contribution < -0.4 is 0 Å². The van der Waals surface area contributed by atoms with Crippen LogP contribution in [0.5, 0.6) is 0 Å². The lowest BCUT2D eigenvalue weighted by Gasteiger charge is -2.27. The standard InChI is InChI=1S/C13H21NO5/c1-6-7(2)19-8(3)11(6)12(16)14-5-9(15)4-10(14)13(17)18/h6-11,15H,4-5H2,1-3H3,(H,17,18)/t6?,7?,8?,9-,10-,11?/m1/s1. The second kappa shape index (κ2) is 5.09. The molecule has 2 heterocycles. The van der Waals surface area contributed by atoms with Crippen LogP contribution in [-0.2, 0) is 14.3 Å². The Morgan fingerprint density at radius 1 is 1.21 bits per heavy atom. The number of aliphatic carboxylic acids is 1. The lowest BCUT2D eigenvalue weighted by Crippen LogP contribution is -2.46. The van der Waals surface area contributed by atoms with Crippen molar-refractivity contribution in [3.8, 4) is 0 Å². The van der Waals surface area contributed by atoms with Crippen molar-refractivity contribution in [3.05, 3.63) is 0 Å². The number of amides is 1. The van der Waals surface area contributed by atoms with Crippen molar-refractivity contribution in [2.24, 2.45) is 11.8 Å². The average molecular weight is 271 g/mol. The number of carbonyl (C=O) groups excluding carboxylic acids is 1. The fraction of sp³-hybridized carbons (Fsp3) is 0.846. The predicted molar refractivity (Wildman–Crippen MR) is 66.4 cm³/mol. The average Bonchev–Trinajstić information content (AvgIpc) is 2.81. The van der Waals surface area contributed by atoms with Crippen LogP contribution in [0.1, 0.15) is 27.2 Å². The quantitative estimate of drug-likeness (QED) is 0.743. The van der Waals surface area contributed by atoms with E-state index in [9.17, 15) is 14.7 Å². The molecule has 0 aromatic rings. The first-order valence-electron chi connectivity index (χ1n) is 6.69. The van der Waals surface area contributed by atoms with Crippen LogP contribution in [0, 0.1) is 11.8 Å². The molecule has 6 heteroatoms. The van der Waals surface area contributed by atoms with Gasteiger partial charge in [-0.15, -0.1) is 0 Å². The van der Waals surface area contributed by atoms with Crippen LogP contribution in [0.3, 0.4) is 0 Å². The van der Waals surface area contributed by atoms with Crippen molar-refractivity contribution in [1.82, 2.24) is 4.90 Å². The maximum atomic E-state index is 12.5. The molecule has 2 aliphatic heterocycles. The fourth-order valence-electron chi connectivity index (χ4n) is 3.18. The Labute approximate surface area is 112 Å². The highest BCUT2D eigenvalue weighted by atomic mass is 16.5. The minimum atomic E-state index is -1.06. The third-order valence-corrected chi connectivity index (χ3v) is 4.37. The fourth-order valence-corrected chi connectivity index (χ4v) is 3.18. The number of carboxylic acids is 1. The summed E-state index contributed by atoms with van der Waals surface area (Å²) in [5, 5.41) is 18.7. The molecule has 4 unspecified atom stereocenters. The van der Waals surface area contributed by atoms with E-state index in [1.165, 1.54) is 4.90 Å². The van der Waals surface area contributed by atoms with E-state index in [0.717, 1.165) is 0 Å². The molecule has 2 rings (SSSR count). The molecular weight excluding hydrogens is 250 g/mol. The van der Waals surface area contributed by atoms with Gasteiger partial charge in [0.15, 0.2) is 0 Å². The van der Waals surface area contributed by atoms with Gasteiger partial charge in [0, 0.05) is 13.0 Å². The zero-order valence-electron chi connectivity index (χ0n) is 11.4. The number of ether oxygens (including phenoxy) is 1. The summed E-state index contributed by atoms with van der Waals surface area (Å²) < 4.78 is 5.63. The minimum Gasteiger partial charge on any atom is -0.480 e. The van der Waals surface area contributed by atoms with Gasteiger partial charge in [-0.05, 0) is 19.8 Å². The van der Waals surface area contributed by atoms with Crippen molar-refractivity contribution in [2.45, 2.75) is 51.5 Å². The highest BCUT2D eigenvalue weighted by molar-refractivity contribution is 5.86. The molecule has 108 valence electrons. The smallest absolute Gasteiger partial charge is 0.326 e. The van der Waals surface area contributed by atoms with Crippen molar-refractivity contribution in [2.75, 3.05) is 6.54 Å². The molecule has 0 aromatic carbocycles. The largest absolute Gasteiger partial charge is 0.480 e. The summed E-state index contributed by atoms with van der Waals surface area (Å²) in [6.07, 6.45) is -0.882. The molecule has 19 heavy (non-hydrogen) atoms. The molecule has 2 N–H and O–H groups in total. The highest BCUT2D eigenvalue weighted by Crippen LogP contribution is 2.35. The molecule has 0 saturated carbocycles. The Morgan fingerprint density at radius 2 is 1.84 bits per heavy atom. The third kappa shape index (κ3) is 2.47. The number of carbonyl (C=O) groups is 2. The molecule has 2 aliphatic rings. The number of β-amino-alcohol motifs (C(OH)–C–C–N with tert-alkyl or cyclic N) is 1. The topological polar surface area (TPSA) is 87.1 Å². The van der Waals surface area contributed by atoms with E-state index in [2.05, 4.69) is 0 Å². The summed E-state index contributed by atoms with van der Waals surface area (Å²) in [6.45, 7) is 5.80. The number of hydrogen-bond acceptors (Lipinski definition) is 4. The lowest BCUT2D eigenvalue weighted by molar-refractivity contribution is -0.151. The number of likely N-dealkylation sites (tertiary alicyclic amines) is 1. The Balaban J connectivity index is 2.17. The van der Waals surface area contributed by atoms with Crippen LogP contribution in [0.15, 0.2) is 0 Å². The SMILES string of the molecule is CC1OC(C)C(C(=O)N2C[C@H](O)C[C@@H]2C(=O)O)C1C. The molecule has 0 aromatic heterocycles. The van der Waals surface area contributed by atoms with E-state index < -0.39 is 18.1 Å². The lowest BCUT2D eigenvalue weighted by atomic mass is 9.88. The Hall–Kier alpha value is -1.14. The van der Waals surface area contributed by atoms with Gasteiger partial charge in [0.25, 0.3) is 0 Å². The number of aliphatic hydroxyl groups excluding tert-OH is 1. The summed E-state index contributed by atoms with van der Waals surface area (Å²) >= 11 is 0. The van der Waals surface area contributed by atoms with Gasteiger partial charge >= 0.3 is 5.97 Å². The molecule has 0 radical (unpaired) electrons. The van der Waals surface area contributed by atoms with E-state index in [-0.39, 0.29) is 42.9 Å². The van der Waals surface area contributed by atoms with Crippen LogP contribution >= 0.6 is 0 Å². The number of nitrogens with zero attached hydrogens (tertiary/aromatic N) is 1. The van der Waals surface area contributed by atoms with E-state index in [4.69, 9.17) is 9.84 Å². The maximum Gasteiger partial charge on any atom is 0.326 e. The Kier molecular flexibility index (Phi) is 3.82. The molecule has 0 spiro atoms. The number of aliphatic hydroxyl groups is 1. The maximum absolute atomic E-state index is 12.5. The van der Waals surface area contributed by atoms with Crippen LogP contribution in [0.2, 0.25) is 0 Å². The van der Waals surface area contributed by atoms with E-state index in [1.807, 2.05) is 20.8 Å². The molecular formula is C13H21NO5. The highest BCUT2D eigenvalue weighted by Gasteiger charge is 2.48. The van der Waals surface area contributed by atoms with Crippen LogP contribution in [0.4, 0.5) is 0 Å². The first-order valence-corrected chi connectivity index (χ1v) is 6.69. The summed E-state index contributed by atoms with van der Waals surface area (Å²) in [4.78, 5) is 25.0. The molecule has 0 bridgehead atoms. The van der Waals surface area contributed by atoms with Gasteiger partial charge in [-0.3, -0.25) is 4.79 Å². The van der Waals surface area contributed by atoms with Crippen molar-refractivity contribution < 1.29 is 24.5 Å². The molecule has 6 atom stereocenters. The second-order valence-electron chi connectivity index (χ2n) is 5.67. The van der Waals surface area contributed by atoms with Crippen LogP contribution in [0.25, 0.3) is 0 Å². The van der Waals surface area contributed by atoms with Crippen LogP contribution in [-0.4, -0.2) is 57.9 Å². The van der Waals surface area contributed by atoms with E-state index in [0.29, 0.717) is 0 Å².